The van der Waals surface area contributed by atoms with Gasteiger partial charge in [0.1, 0.15) is 5.75 Å². The lowest BCUT2D eigenvalue weighted by Gasteiger charge is -2.10. The Morgan fingerprint density at radius 3 is 2.74 bits per heavy atom. The van der Waals surface area contributed by atoms with E-state index >= 15 is 0 Å². The van der Waals surface area contributed by atoms with Crippen molar-refractivity contribution in [3.8, 4) is 17.1 Å². The number of carbonyl (C=O) groups excluding carboxylic acids is 1. The summed E-state index contributed by atoms with van der Waals surface area (Å²) in [6.45, 7) is 2.61. The molecule has 0 aliphatic rings. The number of oxazole rings is 1. The lowest BCUT2D eigenvalue weighted by molar-refractivity contribution is -0.121. The van der Waals surface area contributed by atoms with Crippen molar-refractivity contribution < 1.29 is 13.9 Å². The minimum Gasteiger partial charge on any atom is -0.496 e. The number of nitrogens with one attached hydrogen (secondary N) is 1. The van der Waals surface area contributed by atoms with E-state index in [1.54, 1.807) is 13.3 Å². The van der Waals surface area contributed by atoms with Crippen molar-refractivity contribution in [2.45, 2.75) is 26.2 Å². The van der Waals surface area contributed by atoms with Crippen molar-refractivity contribution in [1.82, 2.24) is 10.3 Å². The summed E-state index contributed by atoms with van der Waals surface area (Å²) in [6, 6.07) is 15.9. The van der Waals surface area contributed by atoms with Gasteiger partial charge in [0.05, 0.1) is 13.3 Å². The third-order valence-corrected chi connectivity index (χ3v) is 4.33. The first-order valence-corrected chi connectivity index (χ1v) is 9.06. The summed E-state index contributed by atoms with van der Waals surface area (Å²) in [5, 5.41) is 2.95. The highest BCUT2D eigenvalue weighted by molar-refractivity contribution is 5.76. The number of benzene rings is 2. The Balaban J connectivity index is 1.45. The second kappa shape index (κ2) is 9.03. The number of carbonyl (C=O) groups is 1. The normalized spacial score (nSPS) is 10.6. The molecule has 3 rings (SSSR count). The lowest BCUT2D eigenvalue weighted by atomic mass is 10.1. The van der Waals surface area contributed by atoms with Crippen LogP contribution in [0.3, 0.4) is 0 Å². The number of rotatable bonds is 8. The molecule has 140 valence electrons. The molecular formula is C22H24N2O3. The molecule has 1 N–H and O–H groups in total. The van der Waals surface area contributed by atoms with Crippen molar-refractivity contribution in [2.24, 2.45) is 0 Å². The Bertz CT molecular complexity index is 888. The van der Waals surface area contributed by atoms with Crippen LogP contribution in [0, 0.1) is 6.92 Å². The number of nitrogens with zero attached hydrogens (tertiary/aromatic N) is 1. The van der Waals surface area contributed by atoms with E-state index in [0.29, 0.717) is 25.3 Å². The number of methoxy groups -OCH3 is 1. The van der Waals surface area contributed by atoms with Crippen LogP contribution in [-0.4, -0.2) is 24.5 Å². The molecule has 0 saturated carbocycles. The zero-order valence-electron chi connectivity index (χ0n) is 15.7. The van der Waals surface area contributed by atoms with Gasteiger partial charge in [-0.25, -0.2) is 4.98 Å². The first kappa shape index (κ1) is 18.7. The maximum absolute atomic E-state index is 12.1. The van der Waals surface area contributed by atoms with Gasteiger partial charge in [-0.3, -0.25) is 4.79 Å². The van der Waals surface area contributed by atoms with Gasteiger partial charge >= 0.3 is 0 Å². The molecule has 0 aliphatic carbocycles. The highest BCUT2D eigenvalue weighted by atomic mass is 16.5. The molecule has 2 aromatic carbocycles. The van der Waals surface area contributed by atoms with E-state index in [-0.39, 0.29) is 5.91 Å². The Morgan fingerprint density at radius 1 is 1.15 bits per heavy atom. The van der Waals surface area contributed by atoms with Crippen molar-refractivity contribution in [3.63, 3.8) is 0 Å². The minimum absolute atomic E-state index is 0.0129. The fourth-order valence-corrected chi connectivity index (χ4v) is 2.91. The summed E-state index contributed by atoms with van der Waals surface area (Å²) in [7, 11) is 1.66. The van der Waals surface area contributed by atoms with E-state index in [4.69, 9.17) is 9.15 Å². The monoisotopic (exact) mass is 364 g/mol. The number of aryl methyl sites for hydroxylation is 2. The molecule has 27 heavy (non-hydrogen) atoms. The van der Waals surface area contributed by atoms with Crippen LogP contribution in [0.25, 0.3) is 11.3 Å². The third-order valence-electron chi connectivity index (χ3n) is 4.33. The van der Waals surface area contributed by atoms with Gasteiger partial charge in [-0.15, -0.1) is 0 Å². The Hall–Kier alpha value is -3.08. The van der Waals surface area contributed by atoms with E-state index in [9.17, 15) is 4.79 Å². The smallest absolute Gasteiger partial charge is 0.220 e. The molecule has 0 spiro atoms. The summed E-state index contributed by atoms with van der Waals surface area (Å²) in [5.74, 6) is 2.13. The molecule has 0 fully saturated rings. The van der Waals surface area contributed by atoms with Crippen LogP contribution in [-0.2, 0) is 17.6 Å². The molecule has 1 amide bonds. The molecule has 0 aliphatic heterocycles. The summed E-state index contributed by atoms with van der Waals surface area (Å²) < 4.78 is 11.1. The van der Waals surface area contributed by atoms with Crippen LogP contribution in [0.2, 0.25) is 0 Å². The standard InChI is InChI=1S/C22H24N2O3/c1-16-8-9-19(26-2)18(14-16)12-13-23-21(25)10-11-22-24-15-20(27-22)17-6-4-3-5-7-17/h3-9,14-15H,10-13H2,1-2H3,(H,23,25). The highest BCUT2D eigenvalue weighted by Gasteiger charge is 2.09. The van der Waals surface area contributed by atoms with Gasteiger partial charge in [-0.05, 0) is 25.0 Å². The summed E-state index contributed by atoms with van der Waals surface area (Å²) in [5.41, 5.74) is 3.25. The average molecular weight is 364 g/mol. The number of amides is 1. The fraction of sp³-hybridized carbons (Fsp3) is 0.273. The highest BCUT2D eigenvalue weighted by Crippen LogP contribution is 2.21. The Labute approximate surface area is 159 Å². The van der Waals surface area contributed by atoms with Gasteiger partial charge < -0.3 is 14.5 Å². The van der Waals surface area contributed by atoms with E-state index < -0.39 is 0 Å². The Morgan fingerprint density at radius 2 is 1.96 bits per heavy atom. The van der Waals surface area contributed by atoms with Crippen molar-refractivity contribution in [1.29, 1.82) is 0 Å². The van der Waals surface area contributed by atoms with E-state index in [1.807, 2.05) is 49.4 Å². The topological polar surface area (TPSA) is 64.4 Å². The summed E-state index contributed by atoms with van der Waals surface area (Å²) in [6.07, 6.45) is 3.26. The maximum atomic E-state index is 12.1. The number of aromatic nitrogens is 1. The van der Waals surface area contributed by atoms with Crippen molar-refractivity contribution in [3.05, 3.63) is 71.7 Å². The van der Waals surface area contributed by atoms with E-state index in [2.05, 4.69) is 16.4 Å². The van der Waals surface area contributed by atoms with Crippen LogP contribution in [0.5, 0.6) is 5.75 Å². The third kappa shape index (κ3) is 5.20. The summed E-state index contributed by atoms with van der Waals surface area (Å²) >= 11 is 0. The average Bonchev–Trinajstić information content (AvgIpc) is 3.16. The van der Waals surface area contributed by atoms with Crippen LogP contribution in [0.1, 0.15) is 23.4 Å². The lowest BCUT2D eigenvalue weighted by Crippen LogP contribution is -2.26. The predicted octanol–water partition coefficient (Wildman–Crippen LogP) is 3.95. The molecule has 1 heterocycles. The molecule has 0 saturated heterocycles. The SMILES string of the molecule is COc1ccc(C)cc1CCNC(=O)CCc1ncc(-c2ccccc2)o1. The second-order valence-electron chi connectivity index (χ2n) is 6.40. The first-order valence-electron chi connectivity index (χ1n) is 9.06. The first-order chi connectivity index (χ1) is 13.2. The van der Waals surface area contributed by atoms with Crippen LogP contribution in [0.15, 0.2) is 59.1 Å². The zero-order valence-corrected chi connectivity index (χ0v) is 15.7. The van der Waals surface area contributed by atoms with E-state index in [1.165, 1.54) is 5.56 Å². The van der Waals surface area contributed by atoms with Gasteiger partial charge in [0.25, 0.3) is 0 Å². The van der Waals surface area contributed by atoms with Crippen LogP contribution in [0.4, 0.5) is 0 Å². The second-order valence-corrected chi connectivity index (χ2v) is 6.40. The Kier molecular flexibility index (Phi) is 6.26. The summed E-state index contributed by atoms with van der Waals surface area (Å²) in [4.78, 5) is 16.4. The van der Waals surface area contributed by atoms with Gasteiger partial charge in [-0.1, -0.05) is 48.0 Å². The zero-order chi connectivity index (χ0) is 19.1. The van der Waals surface area contributed by atoms with Gasteiger partial charge in [-0.2, -0.15) is 0 Å². The molecule has 5 nitrogen and oxygen atoms in total. The van der Waals surface area contributed by atoms with Crippen molar-refractivity contribution in [2.75, 3.05) is 13.7 Å². The predicted molar refractivity (Wildman–Crippen MR) is 105 cm³/mol. The molecule has 0 bridgehead atoms. The minimum atomic E-state index is -0.0129. The maximum Gasteiger partial charge on any atom is 0.220 e. The fourth-order valence-electron chi connectivity index (χ4n) is 2.91. The molecule has 0 atom stereocenters. The molecule has 1 aromatic heterocycles. The molecular weight excluding hydrogens is 340 g/mol. The van der Waals surface area contributed by atoms with Gasteiger partial charge in [0, 0.05) is 24.9 Å². The number of hydrogen-bond acceptors (Lipinski definition) is 4. The molecule has 3 aromatic rings. The van der Waals surface area contributed by atoms with Gasteiger partial charge in [0.2, 0.25) is 5.91 Å². The number of ether oxygens (including phenoxy) is 1. The van der Waals surface area contributed by atoms with E-state index in [0.717, 1.165) is 29.1 Å². The largest absolute Gasteiger partial charge is 0.496 e. The van der Waals surface area contributed by atoms with Crippen molar-refractivity contribution >= 4 is 5.91 Å². The molecule has 0 unspecified atom stereocenters. The molecule has 0 radical (unpaired) electrons. The van der Waals surface area contributed by atoms with Crippen LogP contribution >= 0.6 is 0 Å². The van der Waals surface area contributed by atoms with Crippen LogP contribution < -0.4 is 10.1 Å². The molecule has 5 heteroatoms. The number of hydrogen-bond donors (Lipinski definition) is 1. The quantitative estimate of drug-likeness (QED) is 0.657. The van der Waals surface area contributed by atoms with Gasteiger partial charge in [0.15, 0.2) is 11.7 Å².